The molecular formula is C27H37FN4O4S. The predicted octanol–water partition coefficient (Wildman–Crippen LogP) is 3.69. The zero-order valence-corrected chi connectivity index (χ0v) is 22.6. The number of anilines is 1. The van der Waals surface area contributed by atoms with E-state index in [-0.39, 0.29) is 24.2 Å². The van der Waals surface area contributed by atoms with Crippen molar-refractivity contribution in [1.82, 2.24) is 14.5 Å². The van der Waals surface area contributed by atoms with Crippen LogP contribution in [0.3, 0.4) is 0 Å². The first-order chi connectivity index (χ1) is 17.6. The SMILES string of the molecule is CCC(C(=O)NC1CCCCC1)N(Cc1ccccc1)C(=O)CN(c1ccc(F)cc1)S(=O)(=O)N(C)C. The van der Waals surface area contributed by atoms with Gasteiger partial charge in [0.1, 0.15) is 18.4 Å². The van der Waals surface area contributed by atoms with E-state index in [0.29, 0.717) is 6.42 Å². The van der Waals surface area contributed by atoms with E-state index in [9.17, 15) is 22.4 Å². The van der Waals surface area contributed by atoms with Crippen LogP contribution in [0.25, 0.3) is 0 Å². The van der Waals surface area contributed by atoms with E-state index in [1.54, 1.807) is 0 Å². The highest BCUT2D eigenvalue weighted by Crippen LogP contribution is 2.22. The van der Waals surface area contributed by atoms with E-state index >= 15 is 0 Å². The molecule has 0 radical (unpaired) electrons. The molecule has 1 aliphatic rings. The summed E-state index contributed by atoms with van der Waals surface area (Å²) in [7, 11) is -1.35. The van der Waals surface area contributed by atoms with Gasteiger partial charge in [-0.05, 0) is 49.1 Å². The smallest absolute Gasteiger partial charge is 0.304 e. The van der Waals surface area contributed by atoms with Crippen LogP contribution in [0, 0.1) is 5.82 Å². The number of nitrogens with zero attached hydrogens (tertiary/aromatic N) is 3. The molecule has 1 fully saturated rings. The highest BCUT2D eigenvalue weighted by molar-refractivity contribution is 7.90. The van der Waals surface area contributed by atoms with Crippen molar-refractivity contribution in [3.05, 3.63) is 66.0 Å². The van der Waals surface area contributed by atoms with Crippen molar-refractivity contribution < 1.29 is 22.4 Å². The lowest BCUT2D eigenvalue weighted by Crippen LogP contribution is -2.54. The molecule has 1 atom stereocenters. The normalized spacial score (nSPS) is 15.3. The number of hydrogen-bond donors (Lipinski definition) is 1. The van der Waals surface area contributed by atoms with Crippen LogP contribution in [0.2, 0.25) is 0 Å². The Morgan fingerprint density at radius 3 is 2.19 bits per heavy atom. The summed E-state index contributed by atoms with van der Waals surface area (Å²) in [6, 6.07) is 13.5. The molecular weight excluding hydrogens is 495 g/mol. The molecule has 0 aliphatic heterocycles. The minimum Gasteiger partial charge on any atom is -0.352 e. The van der Waals surface area contributed by atoms with Crippen LogP contribution >= 0.6 is 0 Å². The highest BCUT2D eigenvalue weighted by atomic mass is 32.2. The summed E-state index contributed by atoms with van der Waals surface area (Å²) in [5.41, 5.74) is 0.978. The molecule has 0 heterocycles. The average Bonchev–Trinajstić information content (AvgIpc) is 2.88. The minimum atomic E-state index is -4.09. The van der Waals surface area contributed by atoms with Crippen molar-refractivity contribution in [2.24, 2.45) is 0 Å². The zero-order chi connectivity index (χ0) is 27.0. The van der Waals surface area contributed by atoms with E-state index in [2.05, 4.69) is 5.32 Å². The summed E-state index contributed by atoms with van der Waals surface area (Å²) in [5, 5.41) is 3.12. The first kappa shape index (κ1) is 28.6. The van der Waals surface area contributed by atoms with Crippen LogP contribution in [0.1, 0.15) is 51.0 Å². The number of benzene rings is 2. The van der Waals surface area contributed by atoms with Gasteiger partial charge in [0.2, 0.25) is 11.8 Å². The van der Waals surface area contributed by atoms with Crippen molar-refractivity contribution in [3.8, 4) is 0 Å². The van der Waals surface area contributed by atoms with Gasteiger partial charge in [-0.1, -0.05) is 56.5 Å². The molecule has 10 heteroatoms. The monoisotopic (exact) mass is 532 g/mol. The molecule has 2 aromatic rings. The first-order valence-electron chi connectivity index (χ1n) is 12.7. The molecule has 0 spiro atoms. The Kier molecular flexibility index (Phi) is 10.0. The maximum atomic E-state index is 13.8. The number of carbonyl (C=O) groups excluding carboxylic acids is 2. The summed E-state index contributed by atoms with van der Waals surface area (Å²) in [6.07, 6.45) is 5.46. The third-order valence-electron chi connectivity index (χ3n) is 6.67. The van der Waals surface area contributed by atoms with E-state index in [4.69, 9.17) is 0 Å². The number of amides is 2. The summed E-state index contributed by atoms with van der Waals surface area (Å²) >= 11 is 0. The fourth-order valence-electron chi connectivity index (χ4n) is 4.57. The molecule has 1 aliphatic carbocycles. The Morgan fingerprint density at radius 1 is 1.00 bits per heavy atom. The molecule has 8 nitrogen and oxygen atoms in total. The van der Waals surface area contributed by atoms with Crippen molar-refractivity contribution >= 4 is 27.7 Å². The number of hydrogen-bond acceptors (Lipinski definition) is 4. The third-order valence-corrected chi connectivity index (χ3v) is 8.49. The van der Waals surface area contributed by atoms with Crippen LogP contribution in [0.5, 0.6) is 0 Å². The lowest BCUT2D eigenvalue weighted by molar-refractivity contribution is -0.140. The fraction of sp³-hybridized carbons (Fsp3) is 0.481. The van der Waals surface area contributed by atoms with Gasteiger partial charge in [-0.15, -0.1) is 0 Å². The maximum Gasteiger partial charge on any atom is 0.304 e. The Balaban J connectivity index is 1.93. The van der Waals surface area contributed by atoms with Crippen LogP contribution < -0.4 is 9.62 Å². The molecule has 2 aromatic carbocycles. The quantitative estimate of drug-likeness (QED) is 0.478. The van der Waals surface area contributed by atoms with Crippen molar-refractivity contribution in [1.29, 1.82) is 0 Å². The average molecular weight is 533 g/mol. The van der Waals surface area contributed by atoms with Gasteiger partial charge in [0, 0.05) is 26.7 Å². The Hall–Kier alpha value is -2.98. The standard InChI is InChI=1S/C27H37FN4O4S/c1-4-25(27(34)29-23-13-9-6-10-14-23)31(19-21-11-7-5-8-12-21)26(33)20-32(37(35,36)30(2)3)24-17-15-22(28)16-18-24/h5,7-8,11-12,15-18,23,25H,4,6,9-10,13-14,19-20H2,1-3H3,(H,29,34). The molecule has 1 N–H and O–H groups in total. The molecule has 0 bridgehead atoms. The van der Waals surface area contributed by atoms with E-state index < -0.39 is 34.5 Å². The molecule has 3 rings (SSSR count). The van der Waals surface area contributed by atoms with Crippen LogP contribution in [0.4, 0.5) is 10.1 Å². The summed E-state index contributed by atoms with van der Waals surface area (Å²) in [5.74, 6) is -1.28. The molecule has 0 saturated heterocycles. The van der Waals surface area contributed by atoms with Gasteiger partial charge in [0.15, 0.2) is 0 Å². The lowest BCUT2D eigenvalue weighted by Gasteiger charge is -2.35. The van der Waals surface area contributed by atoms with Crippen LogP contribution in [-0.4, -0.2) is 62.2 Å². The van der Waals surface area contributed by atoms with Gasteiger partial charge in [-0.25, -0.2) is 8.70 Å². The Labute approximate surface area is 219 Å². The molecule has 37 heavy (non-hydrogen) atoms. The molecule has 2 amide bonds. The zero-order valence-electron chi connectivity index (χ0n) is 21.8. The van der Waals surface area contributed by atoms with Crippen LogP contribution in [-0.2, 0) is 26.3 Å². The first-order valence-corrected chi connectivity index (χ1v) is 14.1. The largest absolute Gasteiger partial charge is 0.352 e. The second-order valence-electron chi connectivity index (χ2n) is 9.55. The van der Waals surface area contributed by atoms with Gasteiger partial charge >= 0.3 is 10.2 Å². The van der Waals surface area contributed by atoms with Crippen molar-refractivity contribution in [2.75, 3.05) is 24.9 Å². The number of carbonyl (C=O) groups is 2. The summed E-state index contributed by atoms with van der Waals surface area (Å²) in [4.78, 5) is 28.7. The Bertz CT molecular complexity index is 1140. The number of nitrogens with one attached hydrogen (secondary N) is 1. The van der Waals surface area contributed by atoms with Gasteiger partial charge in [-0.3, -0.25) is 9.59 Å². The third kappa shape index (κ3) is 7.52. The summed E-state index contributed by atoms with van der Waals surface area (Å²) < 4.78 is 41.9. The molecule has 1 saturated carbocycles. The minimum absolute atomic E-state index is 0.0776. The van der Waals surface area contributed by atoms with Gasteiger partial charge < -0.3 is 10.2 Å². The maximum absolute atomic E-state index is 13.8. The molecule has 0 aromatic heterocycles. The topological polar surface area (TPSA) is 90.0 Å². The lowest BCUT2D eigenvalue weighted by atomic mass is 9.95. The number of halogens is 1. The molecule has 1 unspecified atom stereocenters. The highest BCUT2D eigenvalue weighted by Gasteiger charge is 2.34. The number of rotatable bonds is 11. The van der Waals surface area contributed by atoms with E-state index in [1.807, 2.05) is 37.3 Å². The van der Waals surface area contributed by atoms with Gasteiger partial charge in [0.05, 0.1) is 5.69 Å². The van der Waals surface area contributed by atoms with Gasteiger partial charge in [0.25, 0.3) is 0 Å². The second-order valence-corrected chi connectivity index (χ2v) is 11.6. The van der Waals surface area contributed by atoms with Crippen molar-refractivity contribution in [3.63, 3.8) is 0 Å². The van der Waals surface area contributed by atoms with E-state index in [1.165, 1.54) is 31.1 Å². The predicted molar refractivity (Wildman–Crippen MR) is 142 cm³/mol. The van der Waals surface area contributed by atoms with Gasteiger partial charge in [-0.2, -0.15) is 12.7 Å². The second kappa shape index (κ2) is 13.0. The Morgan fingerprint density at radius 2 is 1.62 bits per heavy atom. The fourth-order valence-corrected chi connectivity index (χ4v) is 5.62. The van der Waals surface area contributed by atoms with Crippen LogP contribution in [0.15, 0.2) is 54.6 Å². The van der Waals surface area contributed by atoms with Crippen molar-refractivity contribution in [2.45, 2.75) is 64.1 Å². The molecule has 202 valence electrons. The summed E-state index contributed by atoms with van der Waals surface area (Å²) in [6.45, 7) is 1.45. The van der Waals surface area contributed by atoms with E-state index in [0.717, 1.165) is 58.4 Å².